The van der Waals surface area contributed by atoms with Crippen molar-refractivity contribution in [3.8, 4) is 11.3 Å². The van der Waals surface area contributed by atoms with E-state index in [0.29, 0.717) is 11.5 Å². The summed E-state index contributed by atoms with van der Waals surface area (Å²) in [6.45, 7) is 1.77. The summed E-state index contributed by atoms with van der Waals surface area (Å²) < 4.78 is 4.70. The molecule has 0 saturated heterocycles. The van der Waals surface area contributed by atoms with Gasteiger partial charge in [0.1, 0.15) is 0 Å². The van der Waals surface area contributed by atoms with E-state index >= 15 is 0 Å². The van der Waals surface area contributed by atoms with Crippen LogP contribution < -0.4 is 0 Å². The molecule has 0 amide bonds. The number of hydrogen-bond acceptors (Lipinski definition) is 1. The Morgan fingerprint density at radius 1 is 1.00 bits per heavy atom. The predicted octanol–water partition coefficient (Wildman–Crippen LogP) is 7.07. The van der Waals surface area contributed by atoms with Gasteiger partial charge in [-0.15, -0.1) is 0 Å². The first-order chi connectivity index (χ1) is 15.1. The number of aromatic nitrogens is 2. The van der Waals surface area contributed by atoms with Gasteiger partial charge in [-0.25, -0.2) is 4.79 Å². The van der Waals surface area contributed by atoms with Crippen LogP contribution in [0.1, 0.15) is 60.4 Å². The van der Waals surface area contributed by atoms with Gasteiger partial charge >= 0.3 is 5.97 Å². The number of aryl methyl sites for hydroxylation is 2. The van der Waals surface area contributed by atoms with Gasteiger partial charge in [0.25, 0.3) is 0 Å². The molecule has 0 unspecified atom stereocenters. The topological polar surface area (TPSA) is 47.2 Å². The van der Waals surface area contributed by atoms with Crippen LogP contribution in [-0.4, -0.2) is 20.2 Å². The number of carboxylic acids is 1. The lowest BCUT2D eigenvalue weighted by Gasteiger charge is -2.25. The maximum Gasteiger partial charge on any atom is 0.335 e. The number of aromatic carboxylic acids is 1. The minimum absolute atomic E-state index is 0.356. The van der Waals surface area contributed by atoms with Crippen molar-refractivity contribution in [1.82, 2.24) is 9.13 Å². The summed E-state index contributed by atoms with van der Waals surface area (Å²) in [5, 5.41) is 12.7. The molecule has 1 saturated carbocycles. The quantitative estimate of drug-likeness (QED) is 0.368. The van der Waals surface area contributed by atoms with Crippen LogP contribution in [0.2, 0.25) is 5.02 Å². The maximum atomic E-state index is 11.7. The molecule has 2 aromatic heterocycles. The van der Waals surface area contributed by atoms with E-state index < -0.39 is 5.97 Å². The fraction of sp³-hybridized carbons (Fsp3) is 0.346. The molecule has 2 aromatic carbocycles. The molecule has 1 aliphatic carbocycles. The van der Waals surface area contributed by atoms with Gasteiger partial charge < -0.3 is 14.2 Å². The largest absolute Gasteiger partial charge is 0.478 e. The van der Waals surface area contributed by atoms with Crippen molar-refractivity contribution in [1.29, 1.82) is 0 Å². The van der Waals surface area contributed by atoms with E-state index in [4.69, 9.17) is 11.6 Å². The van der Waals surface area contributed by atoms with Crippen LogP contribution >= 0.6 is 11.6 Å². The number of nitrogens with zero attached hydrogens (tertiary/aromatic N) is 2. The molecule has 3 heterocycles. The highest BCUT2D eigenvalue weighted by atomic mass is 35.5. The molecule has 4 nitrogen and oxygen atoms in total. The van der Waals surface area contributed by atoms with E-state index in [1.807, 2.05) is 12.1 Å². The highest BCUT2D eigenvalue weighted by Gasteiger charge is 2.29. The van der Waals surface area contributed by atoms with Gasteiger partial charge in [0, 0.05) is 41.1 Å². The summed E-state index contributed by atoms with van der Waals surface area (Å²) in [5.74, 6) is -0.359. The van der Waals surface area contributed by atoms with Gasteiger partial charge in [0.15, 0.2) is 0 Å². The molecule has 0 bridgehead atoms. The van der Waals surface area contributed by atoms with Gasteiger partial charge in [-0.3, -0.25) is 0 Å². The summed E-state index contributed by atoms with van der Waals surface area (Å²) in [4.78, 5) is 11.7. The van der Waals surface area contributed by atoms with E-state index in [1.165, 1.54) is 59.8 Å². The Labute approximate surface area is 186 Å². The standard InChI is InChI=1S/C26H25ClN2O2/c27-21-15-28-12-5-13-29-22-14-17(26(30)31)10-11-19(22)23(16-6-2-1-3-7-16)25(29)20-9-4-8-18(21)24(20)28/h4,8-11,14-16H,1-3,5-7,12-13H2,(H,30,31). The summed E-state index contributed by atoms with van der Waals surface area (Å²) in [5.41, 5.74) is 6.51. The third-order valence-corrected chi connectivity index (χ3v) is 7.55. The fourth-order valence-corrected chi connectivity index (χ4v) is 6.19. The lowest BCUT2D eigenvalue weighted by molar-refractivity contribution is 0.0697. The molecule has 5 heteroatoms. The van der Waals surface area contributed by atoms with E-state index in [-0.39, 0.29) is 0 Å². The Bertz CT molecular complexity index is 1340. The van der Waals surface area contributed by atoms with Gasteiger partial charge in [-0.1, -0.05) is 55.1 Å². The smallest absolute Gasteiger partial charge is 0.335 e. The number of rotatable bonds is 2. The number of fused-ring (bicyclic) bond motifs is 4. The normalized spacial score (nSPS) is 16.9. The van der Waals surface area contributed by atoms with Crippen LogP contribution in [0, 0.1) is 0 Å². The maximum absolute atomic E-state index is 11.7. The van der Waals surface area contributed by atoms with Crippen molar-refractivity contribution in [3.05, 3.63) is 58.7 Å². The Morgan fingerprint density at radius 3 is 2.65 bits per heavy atom. The summed E-state index contributed by atoms with van der Waals surface area (Å²) in [7, 11) is 0. The van der Waals surface area contributed by atoms with Crippen molar-refractivity contribution in [2.45, 2.75) is 57.5 Å². The summed E-state index contributed by atoms with van der Waals surface area (Å²) in [6, 6.07) is 12.1. The minimum Gasteiger partial charge on any atom is -0.478 e. The molecule has 31 heavy (non-hydrogen) atoms. The van der Waals surface area contributed by atoms with E-state index in [1.54, 1.807) is 6.07 Å². The zero-order chi connectivity index (χ0) is 21.1. The Balaban J connectivity index is 1.74. The second kappa shape index (κ2) is 7.16. The van der Waals surface area contributed by atoms with Crippen molar-refractivity contribution in [3.63, 3.8) is 0 Å². The Kier molecular flexibility index (Phi) is 4.39. The molecule has 158 valence electrons. The van der Waals surface area contributed by atoms with Crippen molar-refractivity contribution in [2.75, 3.05) is 0 Å². The first-order valence-electron chi connectivity index (χ1n) is 11.3. The van der Waals surface area contributed by atoms with Crippen LogP contribution in [0.5, 0.6) is 0 Å². The monoisotopic (exact) mass is 432 g/mol. The van der Waals surface area contributed by atoms with Gasteiger partial charge in [-0.05, 0) is 42.9 Å². The first-order valence-corrected chi connectivity index (χ1v) is 11.7. The van der Waals surface area contributed by atoms with Gasteiger partial charge in [0.05, 0.1) is 21.8 Å². The molecule has 1 fully saturated rings. The van der Waals surface area contributed by atoms with Gasteiger partial charge in [-0.2, -0.15) is 0 Å². The number of carbonyl (C=O) groups is 1. The third-order valence-electron chi connectivity index (χ3n) is 7.25. The molecule has 0 atom stereocenters. The molecule has 4 aromatic rings. The predicted molar refractivity (Wildman–Crippen MR) is 125 cm³/mol. The molecule has 0 radical (unpaired) electrons. The average Bonchev–Trinajstić information content (AvgIpc) is 3.27. The lowest BCUT2D eigenvalue weighted by atomic mass is 9.81. The first kappa shape index (κ1) is 19.0. The number of halogens is 1. The van der Waals surface area contributed by atoms with Gasteiger partial charge in [0.2, 0.25) is 0 Å². The second-order valence-electron chi connectivity index (χ2n) is 9.01. The SMILES string of the molecule is O=C(O)c1ccc2c(C3CCCCC3)c3n(c2c1)CCCn1cc(Cl)c2cccc-3c21. The van der Waals surface area contributed by atoms with Crippen LogP contribution in [-0.2, 0) is 13.1 Å². The summed E-state index contributed by atoms with van der Waals surface area (Å²) in [6.07, 6.45) is 9.27. The minimum atomic E-state index is -0.870. The molecule has 1 N–H and O–H groups in total. The fourth-order valence-electron chi connectivity index (χ4n) is 5.92. The van der Waals surface area contributed by atoms with E-state index in [9.17, 15) is 9.90 Å². The van der Waals surface area contributed by atoms with E-state index in [2.05, 4.69) is 33.5 Å². The second-order valence-corrected chi connectivity index (χ2v) is 9.42. The highest BCUT2D eigenvalue weighted by Crippen LogP contribution is 2.47. The molecular weight excluding hydrogens is 408 g/mol. The third kappa shape index (κ3) is 2.85. The Morgan fingerprint density at radius 2 is 1.84 bits per heavy atom. The number of benzene rings is 2. The number of hydrogen-bond donors (Lipinski definition) is 1. The van der Waals surface area contributed by atoms with Crippen molar-refractivity contribution in [2.24, 2.45) is 0 Å². The van der Waals surface area contributed by atoms with E-state index in [0.717, 1.165) is 35.4 Å². The number of carboxylic acid groups (broad SMARTS) is 1. The van der Waals surface area contributed by atoms with Crippen LogP contribution in [0.15, 0.2) is 42.6 Å². The zero-order valence-corrected chi connectivity index (χ0v) is 18.2. The zero-order valence-electron chi connectivity index (χ0n) is 17.4. The lowest BCUT2D eigenvalue weighted by Crippen LogP contribution is -2.11. The molecule has 1 aliphatic heterocycles. The Hall–Kier alpha value is -2.72. The highest BCUT2D eigenvalue weighted by molar-refractivity contribution is 6.36. The van der Waals surface area contributed by atoms with Crippen molar-refractivity contribution >= 4 is 39.4 Å². The molecular formula is C26H25ClN2O2. The van der Waals surface area contributed by atoms with Crippen LogP contribution in [0.25, 0.3) is 33.1 Å². The summed E-state index contributed by atoms with van der Waals surface area (Å²) >= 11 is 6.62. The average molecular weight is 433 g/mol. The molecule has 0 spiro atoms. The molecule has 6 rings (SSSR count). The van der Waals surface area contributed by atoms with Crippen LogP contribution in [0.4, 0.5) is 0 Å². The number of para-hydroxylation sites is 1. The van der Waals surface area contributed by atoms with Crippen LogP contribution in [0.3, 0.4) is 0 Å². The van der Waals surface area contributed by atoms with Crippen molar-refractivity contribution < 1.29 is 9.90 Å². The molecule has 2 aliphatic rings.